The fourth-order valence-electron chi connectivity index (χ4n) is 1.52. The molecule has 2 rings (SSSR count). The van der Waals surface area contributed by atoms with Crippen molar-refractivity contribution in [2.24, 2.45) is 0 Å². The summed E-state index contributed by atoms with van der Waals surface area (Å²) in [5.74, 6) is 0.897. The zero-order valence-electron chi connectivity index (χ0n) is 7.76. The average molecular weight is 245 g/mol. The van der Waals surface area contributed by atoms with E-state index in [1.807, 2.05) is 0 Å². The Morgan fingerprint density at radius 1 is 1.50 bits per heavy atom. The summed E-state index contributed by atoms with van der Waals surface area (Å²) in [6.45, 7) is 2.08. The lowest BCUT2D eigenvalue weighted by atomic mass is 10.0. The van der Waals surface area contributed by atoms with E-state index < -0.39 is 0 Å². The van der Waals surface area contributed by atoms with Crippen molar-refractivity contribution < 1.29 is 0 Å². The van der Waals surface area contributed by atoms with E-state index in [2.05, 4.69) is 25.1 Å². The third-order valence-electron chi connectivity index (χ3n) is 2.30. The normalized spacial score (nSPS) is 23.6. The molecule has 1 heterocycles. The maximum Gasteiger partial charge on any atom is 0.0825 e. The summed E-state index contributed by atoms with van der Waals surface area (Å²) < 4.78 is 0. The second kappa shape index (κ2) is 4.18. The maximum atomic E-state index is 6.32. The van der Waals surface area contributed by atoms with Crippen LogP contribution in [-0.2, 0) is 0 Å². The van der Waals surface area contributed by atoms with Crippen LogP contribution >= 0.6 is 35.0 Å². The molecule has 1 aromatic rings. The molecule has 0 N–H and O–H groups in total. The SMILES string of the molecule is Cc1ccc2c(c1)C(Cl)/C(=C\Cl)CS2. The number of alkyl halides is 1. The molecule has 0 saturated carbocycles. The highest BCUT2D eigenvalue weighted by Gasteiger charge is 2.22. The van der Waals surface area contributed by atoms with Gasteiger partial charge in [0.15, 0.2) is 0 Å². The average Bonchev–Trinajstić information content (AvgIpc) is 2.20. The zero-order chi connectivity index (χ0) is 10.1. The molecule has 1 atom stereocenters. The van der Waals surface area contributed by atoms with Crippen LogP contribution in [0.4, 0.5) is 0 Å². The highest BCUT2D eigenvalue weighted by atomic mass is 35.5. The van der Waals surface area contributed by atoms with Gasteiger partial charge in [-0.15, -0.1) is 23.4 Å². The first kappa shape index (κ1) is 10.4. The van der Waals surface area contributed by atoms with Crippen molar-refractivity contribution in [3.05, 3.63) is 40.4 Å². The molecule has 0 aromatic heterocycles. The molecule has 0 fully saturated rings. The first-order valence-electron chi connectivity index (χ1n) is 4.39. The molecule has 0 spiro atoms. The Labute approximate surface area is 98.3 Å². The van der Waals surface area contributed by atoms with Crippen LogP contribution in [0.3, 0.4) is 0 Å². The minimum atomic E-state index is -0.0522. The second-order valence-electron chi connectivity index (χ2n) is 3.38. The zero-order valence-corrected chi connectivity index (χ0v) is 10.1. The van der Waals surface area contributed by atoms with Crippen LogP contribution in [0.25, 0.3) is 0 Å². The van der Waals surface area contributed by atoms with Crippen molar-refractivity contribution in [3.8, 4) is 0 Å². The van der Waals surface area contributed by atoms with E-state index in [1.54, 1.807) is 17.3 Å². The van der Waals surface area contributed by atoms with E-state index in [4.69, 9.17) is 23.2 Å². The van der Waals surface area contributed by atoms with Crippen molar-refractivity contribution in [1.82, 2.24) is 0 Å². The van der Waals surface area contributed by atoms with Crippen molar-refractivity contribution in [3.63, 3.8) is 0 Å². The largest absolute Gasteiger partial charge is 0.121 e. The topological polar surface area (TPSA) is 0 Å². The molecule has 1 unspecified atom stereocenters. The smallest absolute Gasteiger partial charge is 0.0825 e. The number of aryl methyl sites for hydroxylation is 1. The van der Waals surface area contributed by atoms with E-state index in [-0.39, 0.29) is 5.38 Å². The lowest BCUT2D eigenvalue weighted by Crippen LogP contribution is -2.05. The molecule has 74 valence electrons. The summed E-state index contributed by atoms with van der Waals surface area (Å²) in [6, 6.07) is 6.39. The number of hydrogen-bond donors (Lipinski definition) is 0. The highest BCUT2D eigenvalue weighted by Crippen LogP contribution is 2.43. The predicted octanol–water partition coefficient (Wildman–Crippen LogP) is 4.50. The monoisotopic (exact) mass is 244 g/mol. The standard InChI is InChI=1S/C11H10Cl2S/c1-7-2-3-10-9(4-7)11(13)8(5-12)6-14-10/h2-5,11H,6H2,1H3/b8-5-. The van der Waals surface area contributed by atoms with Gasteiger partial charge in [0.1, 0.15) is 0 Å². The van der Waals surface area contributed by atoms with Crippen molar-refractivity contribution in [2.75, 3.05) is 5.75 Å². The molecule has 0 radical (unpaired) electrons. The molecule has 0 amide bonds. The summed E-state index contributed by atoms with van der Waals surface area (Å²) in [5.41, 5.74) is 5.13. The second-order valence-corrected chi connectivity index (χ2v) is 5.05. The van der Waals surface area contributed by atoms with E-state index in [1.165, 1.54) is 16.0 Å². The van der Waals surface area contributed by atoms with Gasteiger partial charge in [0.2, 0.25) is 0 Å². The fraction of sp³-hybridized carbons (Fsp3) is 0.273. The van der Waals surface area contributed by atoms with Gasteiger partial charge in [0, 0.05) is 16.2 Å². The maximum absolute atomic E-state index is 6.32. The van der Waals surface area contributed by atoms with E-state index in [0.717, 1.165) is 11.3 Å². The predicted molar refractivity (Wildman–Crippen MR) is 64.4 cm³/mol. The van der Waals surface area contributed by atoms with Gasteiger partial charge in [-0.05, 0) is 24.1 Å². The van der Waals surface area contributed by atoms with Crippen LogP contribution in [0.2, 0.25) is 0 Å². The van der Waals surface area contributed by atoms with Gasteiger partial charge in [0.05, 0.1) is 5.38 Å². The molecule has 1 aromatic carbocycles. The summed E-state index contributed by atoms with van der Waals surface area (Å²) in [4.78, 5) is 1.28. The minimum Gasteiger partial charge on any atom is -0.121 e. The van der Waals surface area contributed by atoms with Crippen molar-refractivity contribution in [2.45, 2.75) is 17.2 Å². The third kappa shape index (κ3) is 1.81. The highest BCUT2D eigenvalue weighted by molar-refractivity contribution is 7.99. The van der Waals surface area contributed by atoms with Crippen LogP contribution < -0.4 is 0 Å². The van der Waals surface area contributed by atoms with Crippen LogP contribution in [0.1, 0.15) is 16.5 Å². The van der Waals surface area contributed by atoms with Crippen LogP contribution in [0, 0.1) is 6.92 Å². The third-order valence-corrected chi connectivity index (χ3v) is 4.25. The Bertz CT molecular complexity index is 385. The van der Waals surface area contributed by atoms with Crippen LogP contribution in [0.15, 0.2) is 34.2 Å². The molecular formula is C11H10Cl2S. The Hall–Kier alpha value is -0.110. The molecule has 0 bridgehead atoms. The Kier molecular flexibility index (Phi) is 3.10. The number of benzene rings is 1. The van der Waals surface area contributed by atoms with Gasteiger partial charge in [-0.1, -0.05) is 29.3 Å². The number of hydrogen-bond acceptors (Lipinski definition) is 1. The first-order chi connectivity index (χ1) is 6.72. The molecule has 3 heteroatoms. The summed E-state index contributed by atoms with van der Waals surface area (Å²) >= 11 is 13.8. The van der Waals surface area contributed by atoms with Crippen LogP contribution in [0.5, 0.6) is 0 Å². The number of fused-ring (bicyclic) bond motifs is 1. The van der Waals surface area contributed by atoms with Gasteiger partial charge < -0.3 is 0 Å². The lowest BCUT2D eigenvalue weighted by molar-refractivity contribution is 1.03. The molecule has 0 saturated heterocycles. The lowest BCUT2D eigenvalue weighted by Gasteiger charge is -2.23. The number of thioether (sulfide) groups is 1. The fourth-order valence-corrected chi connectivity index (χ4v) is 3.43. The van der Waals surface area contributed by atoms with Gasteiger partial charge in [0.25, 0.3) is 0 Å². The number of halogens is 2. The Morgan fingerprint density at radius 2 is 2.29 bits per heavy atom. The van der Waals surface area contributed by atoms with Crippen molar-refractivity contribution in [1.29, 1.82) is 0 Å². The van der Waals surface area contributed by atoms with Gasteiger partial charge >= 0.3 is 0 Å². The summed E-state index contributed by atoms with van der Waals surface area (Å²) in [5, 5.41) is -0.0522. The molecule has 0 nitrogen and oxygen atoms in total. The van der Waals surface area contributed by atoms with E-state index in [0.29, 0.717) is 0 Å². The van der Waals surface area contributed by atoms with Gasteiger partial charge in [-0.3, -0.25) is 0 Å². The van der Waals surface area contributed by atoms with Crippen molar-refractivity contribution >= 4 is 35.0 Å². The summed E-state index contributed by atoms with van der Waals surface area (Å²) in [7, 11) is 0. The Balaban J connectivity index is 2.48. The Morgan fingerprint density at radius 3 is 3.00 bits per heavy atom. The minimum absolute atomic E-state index is 0.0522. The molecular weight excluding hydrogens is 235 g/mol. The number of rotatable bonds is 0. The van der Waals surface area contributed by atoms with E-state index in [9.17, 15) is 0 Å². The first-order valence-corrected chi connectivity index (χ1v) is 6.25. The quantitative estimate of drug-likeness (QED) is 0.606. The van der Waals surface area contributed by atoms with Gasteiger partial charge in [-0.25, -0.2) is 0 Å². The van der Waals surface area contributed by atoms with E-state index >= 15 is 0 Å². The van der Waals surface area contributed by atoms with Crippen LogP contribution in [-0.4, -0.2) is 5.75 Å². The summed E-state index contributed by atoms with van der Waals surface area (Å²) in [6.07, 6.45) is 0. The van der Waals surface area contributed by atoms with Gasteiger partial charge in [-0.2, -0.15) is 0 Å². The molecule has 14 heavy (non-hydrogen) atoms. The molecule has 1 aliphatic heterocycles. The molecule has 1 aliphatic rings. The molecule has 0 aliphatic carbocycles.